The average Bonchev–Trinajstić information content (AvgIpc) is 2.80. The first-order chi connectivity index (χ1) is 9.97. The number of aromatic nitrogens is 2. The van der Waals surface area contributed by atoms with Gasteiger partial charge in [-0.2, -0.15) is 0 Å². The smallest absolute Gasteiger partial charge is 0.147 e. The highest BCUT2D eigenvalue weighted by Gasteiger charge is 2.19. The molecule has 5 heteroatoms. The summed E-state index contributed by atoms with van der Waals surface area (Å²) in [6, 6.07) is 9.00. The molecule has 2 nitrogen and oxygen atoms in total. The molecule has 1 aromatic heterocycles. The molecule has 0 saturated heterocycles. The Morgan fingerprint density at radius 1 is 1.14 bits per heavy atom. The second-order valence-electron chi connectivity index (χ2n) is 5.01. The van der Waals surface area contributed by atoms with Crippen LogP contribution in [0.4, 0.5) is 8.78 Å². The Balaban J connectivity index is 2.41. The normalized spacial score (nSPS) is 12.8. The van der Waals surface area contributed by atoms with Crippen LogP contribution >= 0.6 is 11.6 Å². The van der Waals surface area contributed by atoms with E-state index >= 15 is 0 Å². The molecule has 3 rings (SSSR count). The van der Waals surface area contributed by atoms with E-state index in [0.29, 0.717) is 22.5 Å². The second kappa shape index (κ2) is 5.11. The van der Waals surface area contributed by atoms with Crippen LogP contribution in [0.5, 0.6) is 0 Å². The fourth-order valence-electron chi connectivity index (χ4n) is 2.38. The van der Waals surface area contributed by atoms with Crippen molar-refractivity contribution in [3.8, 4) is 5.69 Å². The highest BCUT2D eigenvalue weighted by molar-refractivity contribution is 6.20. The third-order valence-corrected chi connectivity index (χ3v) is 3.54. The number of hydrogen-bond acceptors (Lipinski definition) is 1. The van der Waals surface area contributed by atoms with E-state index in [-0.39, 0.29) is 0 Å². The largest absolute Gasteiger partial charge is 0.292 e. The summed E-state index contributed by atoms with van der Waals surface area (Å²) < 4.78 is 29.4. The van der Waals surface area contributed by atoms with E-state index in [9.17, 15) is 8.78 Å². The van der Waals surface area contributed by atoms with Gasteiger partial charge in [-0.15, -0.1) is 11.6 Å². The first-order valence-electron chi connectivity index (χ1n) is 6.56. The van der Waals surface area contributed by atoms with Crippen molar-refractivity contribution in [2.45, 2.75) is 19.2 Å². The number of benzene rings is 2. The van der Waals surface area contributed by atoms with Crippen LogP contribution in [0.2, 0.25) is 0 Å². The average molecular weight is 307 g/mol. The number of fused-ring (bicyclic) bond motifs is 1. The molecule has 0 saturated carbocycles. The third-order valence-electron chi connectivity index (χ3n) is 3.34. The predicted molar refractivity (Wildman–Crippen MR) is 80.0 cm³/mol. The molecule has 0 aliphatic carbocycles. The van der Waals surface area contributed by atoms with Crippen LogP contribution in [0.15, 0.2) is 36.4 Å². The van der Waals surface area contributed by atoms with Crippen LogP contribution in [0.25, 0.3) is 16.7 Å². The summed E-state index contributed by atoms with van der Waals surface area (Å²) in [6.07, 6.45) is 0. The molecule has 0 bridgehead atoms. The van der Waals surface area contributed by atoms with Gasteiger partial charge >= 0.3 is 0 Å². The van der Waals surface area contributed by atoms with Crippen molar-refractivity contribution in [3.05, 3.63) is 59.4 Å². The van der Waals surface area contributed by atoms with Crippen LogP contribution in [0.3, 0.4) is 0 Å². The molecule has 2 aromatic carbocycles. The van der Waals surface area contributed by atoms with Gasteiger partial charge in [-0.3, -0.25) is 4.57 Å². The van der Waals surface area contributed by atoms with Gasteiger partial charge < -0.3 is 0 Å². The molecule has 3 aromatic rings. The van der Waals surface area contributed by atoms with Crippen LogP contribution in [0, 0.1) is 18.6 Å². The lowest BCUT2D eigenvalue weighted by molar-refractivity contribution is 0.614. The van der Waals surface area contributed by atoms with E-state index in [1.807, 2.05) is 6.92 Å². The predicted octanol–water partition coefficient (Wildman–Crippen LogP) is 4.91. The number of rotatable bonds is 2. The summed E-state index contributed by atoms with van der Waals surface area (Å²) in [4.78, 5) is 4.40. The Bertz CT molecular complexity index is 825. The molecule has 1 atom stereocenters. The van der Waals surface area contributed by atoms with Crippen molar-refractivity contribution in [1.29, 1.82) is 0 Å². The summed E-state index contributed by atoms with van der Waals surface area (Å²) in [6.45, 7) is 3.62. The van der Waals surface area contributed by atoms with E-state index in [0.717, 1.165) is 5.56 Å². The zero-order valence-electron chi connectivity index (χ0n) is 11.6. The molecule has 0 fully saturated rings. The lowest BCUT2D eigenvalue weighted by Crippen LogP contribution is -2.04. The Morgan fingerprint density at radius 3 is 2.62 bits per heavy atom. The van der Waals surface area contributed by atoms with Crippen molar-refractivity contribution in [1.82, 2.24) is 9.55 Å². The van der Waals surface area contributed by atoms with Crippen molar-refractivity contribution in [3.63, 3.8) is 0 Å². The molecular weight excluding hydrogens is 294 g/mol. The van der Waals surface area contributed by atoms with Crippen LogP contribution in [0.1, 0.15) is 23.7 Å². The van der Waals surface area contributed by atoms with E-state index in [4.69, 9.17) is 11.6 Å². The van der Waals surface area contributed by atoms with Gasteiger partial charge in [0.15, 0.2) is 0 Å². The van der Waals surface area contributed by atoms with Crippen LogP contribution in [-0.2, 0) is 0 Å². The molecular formula is C16H13ClF2N2. The summed E-state index contributed by atoms with van der Waals surface area (Å²) >= 11 is 6.16. The zero-order valence-corrected chi connectivity index (χ0v) is 12.3. The molecule has 0 spiro atoms. The van der Waals surface area contributed by atoms with E-state index in [2.05, 4.69) is 4.98 Å². The van der Waals surface area contributed by atoms with Crippen molar-refractivity contribution in [2.75, 3.05) is 0 Å². The van der Waals surface area contributed by atoms with Crippen molar-refractivity contribution < 1.29 is 8.78 Å². The minimum atomic E-state index is -0.430. The van der Waals surface area contributed by atoms with E-state index in [1.54, 1.807) is 29.7 Å². The van der Waals surface area contributed by atoms with Crippen LogP contribution in [-0.4, -0.2) is 9.55 Å². The third kappa shape index (κ3) is 2.40. The van der Waals surface area contributed by atoms with Gasteiger partial charge in [0.05, 0.1) is 22.1 Å². The van der Waals surface area contributed by atoms with Crippen molar-refractivity contribution >= 4 is 22.6 Å². The minimum absolute atomic E-state index is 0.325. The summed E-state index contributed by atoms with van der Waals surface area (Å²) in [5, 5.41) is -0.430. The maximum Gasteiger partial charge on any atom is 0.147 e. The number of alkyl halides is 1. The van der Waals surface area contributed by atoms with Crippen molar-refractivity contribution in [2.24, 2.45) is 0 Å². The molecule has 1 unspecified atom stereocenters. The highest BCUT2D eigenvalue weighted by atomic mass is 35.5. The van der Waals surface area contributed by atoms with Gasteiger partial charge in [0.25, 0.3) is 0 Å². The molecule has 0 radical (unpaired) electrons. The zero-order chi connectivity index (χ0) is 15.1. The molecule has 21 heavy (non-hydrogen) atoms. The Hall–Kier alpha value is -1.94. The Labute approximate surface area is 126 Å². The molecule has 0 aliphatic rings. The first kappa shape index (κ1) is 14.0. The number of hydrogen-bond donors (Lipinski definition) is 0. The number of halogens is 3. The second-order valence-corrected chi connectivity index (χ2v) is 5.66. The summed E-state index contributed by atoms with van der Waals surface area (Å²) in [7, 11) is 0. The van der Waals surface area contributed by atoms with Gasteiger partial charge in [0, 0.05) is 6.07 Å². The van der Waals surface area contributed by atoms with Gasteiger partial charge in [0.2, 0.25) is 0 Å². The summed E-state index contributed by atoms with van der Waals surface area (Å²) in [5.74, 6) is -0.310. The molecule has 0 N–H and O–H groups in total. The standard InChI is InChI=1S/C16H13ClF2N2/c1-9-3-5-12(19)14(7-9)21-15-8-11(18)4-6-13(15)20-16(21)10(2)17/h3-8,10H,1-2H3. The molecule has 108 valence electrons. The number of imidazole rings is 1. The first-order valence-corrected chi connectivity index (χ1v) is 6.99. The fourth-order valence-corrected chi connectivity index (χ4v) is 2.53. The molecule has 0 aliphatic heterocycles. The maximum atomic E-state index is 14.2. The lowest BCUT2D eigenvalue weighted by atomic mass is 10.2. The quantitative estimate of drug-likeness (QED) is 0.615. The molecule has 0 amide bonds. The maximum absolute atomic E-state index is 14.2. The number of aryl methyl sites for hydroxylation is 1. The summed E-state index contributed by atoms with van der Waals surface area (Å²) in [5.41, 5.74) is 2.31. The minimum Gasteiger partial charge on any atom is -0.292 e. The SMILES string of the molecule is Cc1ccc(F)c(-n2c(C(C)Cl)nc3ccc(F)cc32)c1. The molecule has 1 heterocycles. The monoisotopic (exact) mass is 306 g/mol. The van der Waals surface area contributed by atoms with Gasteiger partial charge in [-0.05, 0) is 43.7 Å². The lowest BCUT2D eigenvalue weighted by Gasteiger charge is -2.12. The van der Waals surface area contributed by atoms with E-state index in [1.165, 1.54) is 18.2 Å². The van der Waals surface area contributed by atoms with E-state index < -0.39 is 17.0 Å². The van der Waals surface area contributed by atoms with Gasteiger partial charge in [0.1, 0.15) is 17.5 Å². The highest BCUT2D eigenvalue weighted by Crippen LogP contribution is 2.30. The Morgan fingerprint density at radius 2 is 1.90 bits per heavy atom. The topological polar surface area (TPSA) is 17.8 Å². The number of nitrogens with zero attached hydrogens (tertiary/aromatic N) is 2. The van der Waals surface area contributed by atoms with Gasteiger partial charge in [-0.25, -0.2) is 13.8 Å². The fraction of sp³-hybridized carbons (Fsp3) is 0.188. The van der Waals surface area contributed by atoms with Crippen LogP contribution < -0.4 is 0 Å². The Kier molecular flexibility index (Phi) is 3.41. The van der Waals surface area contributed by atoms with Gasteiger partial charge in [-0.1, -0.05) is 6.07 Å².